The number of aryl methyl sites for hydroxylation is 2. The molecule has 2 N–H and O–H groups in total. The molecule has 144 valence electrons. The van der Waals surface area contributed by atoms with Crippen LogP contribution in [0.4, 0.5) is 5.69 Å². The lowest BCUT2D eigenvalue weighted by atomic mass is 10.1. The van der Waals surface area contributed by atoms with E-state index in [9.17, 15) is 13.2 Å². The highest BCUT2D eigenvalue weighted by atomic mass is 32.2. The zero-order chi connectivity index (χ0) is 19.4. The summed E-state index contributed by atoms with van der Waals surface area (Å²) in [5.41, 5.74) is 2.43. The van der Waals surface area contributed by atoms with Gasteiger partial charge in [-0.3, -0.25) is 9.52 Å². The van der Waals surface area contributed by atoms with Crippen LogP contribution in [0.15, 0.2) is 47.4 Å². The summed E-state index contributed by atoms with van der Waals surface area (Å²) in [6.07, 6.45) is 4.73. The van der Waals surface area contributed by atoms with E-state index in [2.05, 4.69) is 10.0 Å². The summed E-state index contributed by atoms with van der Waals surface area (Å²) in [6.45, 7) is 4.28. The highest BCUT2D eigenvalue weighted by Gasteiger charge is 2.20. The number of rotatable bonds is 6. The van der Waals surface area contributed by atoms with Crippen LogP contribution in [0.25, 0.3) is 0 Å². The standard InChI is InChI=1S/C21H26N2O3S/c1-15-6-5-9-19(12-15)23-27(25,26)20-13-18(11-10-16(20)2)21(24)22-14-17-7-3-4-8-17/h5-6,9-13,17,23H,3-4,7-8,14H2,1-2H3,(H,22,24). The van der Waals surface area contributed by atoms with E-state index in [0.29, 0.717) is 29.3 Å². The first kappa shape index (κ1) is 19.4. The van der Waals surface area contributed by atoms with Gasteiger partial charge in [-0.05, 0) is 68.0 Å². The first-order valence-corrected chi connectivity index (χ1v) is 10.8. The molecule has 0 unspecified atom stereocenters. The molecular weight excluding hydrogens is 360 g/mol. The number of carbonyl (C=O) groups excluding carboxylic acids is 1. The summed E-state index contributed by atoms with van der Waals surface area (Å²) in [6, 6.07) is 12.0. The molecule has 1 saturated carbocycles. The Labute approximate surface area is 161 Å². The van der Waals surface area contributed by atoms with Crippen molar-refractivity contribution in [1.29, 1.82) is 0 Å². The lowest BCUT2D eigenvalue weighted by Crippen LogP contribution is -2.28. The van der Waals surface area contributed by atoms with Gasteiger partial charge in [0.15, 0.2) is 0 Å². The molecule has 27 heavy (non-hydrogen) atoms. The van der Waals surface area contributed by atoms with Crippen LogP contribution in [0.2, 0.25) is 0 Å². The maximum Gasteiger partial charge on any atom is 0.262 e. The number of amides is 1. The monoisotopic (exact) mass is 386 g/mol. The average molecular weight is 387 g/mol. The molecule has 6 heteroatoms. The van der Waals surface area contributed by atoms with Crippen molar-refractivity contribution in [2.24, 2.45) is 5.92 Å². The van der Waals surface area contributed by atoms with Crippen LogP contribution in [0.3, 0.4) is 0 Å². The molecule has 0 spiro atoms. The van der Waals surface area contributed by atoms with E-state index in [-0.39, 0.29) is 10.8 Å². The summed E-state index contributed by atoms with van der Waals surface area (Å²) in [5.74, 6) is 0.305. The van der Waals surface area contributed by atoms with E-state index in [0.717, 1.165) is 18.4 Å². The molecule has 0 radical (unpaired) electrons. The summed E-state index contributed by atoms with van der Waals surface area (Å²) in [7, 11) is -3.78. The van der Waals surface area contributed by atoms with Crippen molar-refractivity contribution in [2.45, 2.75) is 44.4 Å². The van der Waals surface area contributed by atoms with E-state index in [4.69, 9.17) is 0 Å². The second-order valence-corrected chi connectivity index (χ2v) is 8.97. The summed E-state index contributed by atoms with van der Waals surface area (Å²) in [4.78, 5) is 12.6. The number of anilines is 1. The fourth-order valence-electron chi connectivity index (χ4n) is 3.50. The quantitative estimate of drug-likeness (QED) is 0.787. The van der Waals surface area contributed by atoms with Crippen molar-refractivity contribution >= 4 is 21.6 Å². The Morgan fingerprint density at radius 1 is 1.07 bits per heavy atom. The molecule has 1 fully saturated rings. The predicted octanol–water partition coefficient (Wildman–Crippen LogP) is 4.02. The molecule has 0 aromatic heterocycles. The van der Waals surface area contributed by atoms with Gasteiger partial charge < -0.3 is 5.32 Å². The van der Waals surface area contributed by atoms with Crippen molar-refractivity contribution < 1.29 is 13.2 Å². The van der Waals surface area contributed by atoms with Gasteiger partial charge in [0.1, 0.15) is 0 Å². The van der Waals surface area contributed by atoms with E-state index in [1.165, 1.54) is 18.9 Å². The lowest BCUT2D eigenvalue weighted by molar-refractivity contribution is 0.0947. The molecule has 0 aliphatic heterocycles. The Balaban J connectivity index is 1.78. The molecule has 0 atom stereocenters. The smallest absolute Gasteiger partial charge is 0.262 e. The zero-order valence-corrected chi connectivity index (χ0v) is 16.6. The molecule has 0 heterocycles. The summed E-state index contributed by atoms with van der Waals surface area (Å²) < 4.78 is 28.3. The van der Waals surface area contributed by atoms with E-state index in [1.54, 1.807) is 37.3 Å². The summed E-state index contributed by atoms with van der Waals surface area (Å²) >= 11 is 0. The average Bonchev–Trinajstić information content (AvgIpc) is 3.13. The highest BCUT2D eigenvalue weighted by molar-refractivity contribution is 7.92. The van der Waals surface area contributed by atoms with Crippen LogP contribution < -0.4 is 10.0 Å². The van der Waals surface area contributed by atoms with Gasteiger partial charge >= 0.3 is 0 Å². The number of carbonyl (C=O) groups is 1. The van der Waals surface area contributed by atoms with E-state index < -0.39 is 10.0 Å². The Bertz CT molecular complexity index is 932. The van der Waals surface area contributed by atoms with Crippen LogP contribution in [-0.4, -0.2) is 20.9 Å². The topological polar surface area (TPSA) is 75.3 Å². The number of hydrogen-bond acceptors (Lipinski definition) is 3. The number of nitrogens with one attached hydrogen (secondary N) is 2. The van der Waals surface area contributed by atoms with Crippen molar-refractivity contribution in [3.63, 3.8) is 0 Å². The van der Waals surface area contributed by atoms with Gasteiger partial charge in [0.05, 0.1) is 4.90 Å². The second kappa shape index (κ2) is 8.13. The van der Waals surface area contributed by atoms with Crippen LogP contribution in [0.5, 0.6) is 0 Å². The van der Waals surface area contributed by atoms with Gasteiger partial charge in [-0.15, -0.1) is 0 Å². The third-order valence-electron chi connectivity index (χ3n) is 5.04. The van der Waals surface area contributed by atoms with Crippen LogP contribution >= 0.6 is 0 Å². The van der Waals surface area contributed by atoms with Gasteiger partial charge in [0.25, 0.3) is 15.9 Å². The Hall–Kier alpha value is -2.34. The second-order valence-electron chi connectivity index (χ2n) is 7.32. The fourth-order valence-corrected chi connectivity index (χ4v) is 4.82. The largest absolute Gasteiger partial charge is 0.352 e. The van der Waals surface area contributed by atoms with Gasteiger partial charge in [0, 0.05) is 17.8 Å². The van der Waals surface area contributed by atoms with E-state index >= 15 is 0 Å². The normalized spacial score (nSPS) is 14.9. The molecule has 5 nitrogen and oxygen atoms in total. The van der Waals surface area contributed by atoms with E-state index in [1.807, 2.05) is 13.0 Å². The fraction of sp³-hybridized carbons (Fsp3) is 0.381. The lowest BCUT2D eigenvalue weighted by Gasteiger charge is -2.14. The number of sulfonamides is 1. The zero-order valence-electron chi connectivity index (χ0n) is 15.8. The Kier molecular flexibility index (Phi) is 5.85. The maximum atomic E-state index is 12.8. The summed E-state index contributed by atoms with van der Waals surface area (Å²) in [5, 5.41) is 2.94. The van der Waals surface area contributed by atoms with Gasteiger partial charge in [0.2, 0.25) is 0 Å². The van der Waals surface area contributed by atoms with Crippen molar-refractivity contribution in [3.05, 3.63) is 59.2 Å². The molecule has 2 aromatic rings. The minimum Gasteiger partial charge on any atom is -0.352 e. The number of hydrogen-bond donors (Lipinski definition) is 2. The van der Waals surface area contributed by atoms with Crippen molar-refractivity contribution in [2.75, 3.05) is 11.3 Å². The van der Waals surface area contributed by atoms with Crippen LogP contribution in [0.1, 0.15) is 47.2 Å². The molecule has 2 aromatic carbocycles. The molecule has 1 aliphatic carbocycles. The third-order valence-corrected chi connectivity index (χ3v) is 6.56. The predicted molar refractivity (Wildman–Crippen MR) is 107 cm³/mol. The molecule has 1 aliphatic rings. The van der Waals surface area contributed by atoms with Gasteiger partial charge in [-0.1, -0.05) is 31.0 Å². The number of benzene rings is 2. The molecule has 0 saturated heterocycles. The van der Waals surface area contributed by atoms with Gasteiger partial charge in [-0.2, -0.15) is 0 Å². The first-order valence-electron chi connectivity index (χ1n) is 9.33. The highest BCUT2D eigenvalue weighted by Crippen LogP contribution is 2.24. The van der Waals surface area contributed by atoms with Gasteiger partial charge in [-0.25, -0.2) is 8.42 Å². The molecular formula is C21H26N2O3S. The van der Waals surface area contributed by atoms with Crippen molar-refractivity contribution in [3.8, 4) is 0 Å². The SMILES string of the molecule is Cc1cccc(NS(=O)(=O)c2cc(C(=O)NCC3CCCC3)ccc2C)c1. The Morgan fingerprint density at radius 3 is 2.52 bits per heavy atom. The first-order chi connectivity index (χ1) is 12.8. The maximum absolute atomic E-state index is 12.8. The van der Waals surface area contributed by atoms with Crippen molar-refractivity contribution in [1.82, 2.24) is 5.32 Å². The molecule has 1 amide bonds. The Morgan fingerprint density at radius 2 is 1.81 bits per heavy atom. The minimum absolute atomic E-state index is 0.123. The van der Waals surface area contributed by atoms with Crippen LogP contribution in [0, 0.1) is 19.8 Å². The molecule has 0 bridgehead atoms. The third kappa shape index (κ3) is 4.89. The minimum atomic E-state index is -3.78. The molecule has 3 rings (SSSR count). The van der Waals surface area contributed by atoms with Crippen LogP contribution in [-0.2, 0) is 10.0 Å².